The molecular formula is C7H13NO2. The summed E-state index contributed by atoms with van der Waals surface area (Å²) in [5, 5.41) is 11.1. The van der Waals surface area contributed by atoms with Gasteiger partial charge in [-0.25, -0.2) is 0 Å². The lowest BCUT2D eigenvalue weighted by molar-refractivity contribution is -0.138. The highest BCUT2D eigenvalue weighted by Gasteiger charge is 2.05. The number of carboxylic acids is 1. The zero-order valence-corrected chi connectivity index (χ0v) is 6.29. The first-order valence-electron chi connectivity index (χ1n) is 3.32. The monoisotopic (exact) mass is 143 g/mol. The molecule has 58 valence electrons. The Morgan fingerprint density at radius 2 is 2.40 bits per heavy atom. The molecule has 0 aromatic heterocycles. The first kappa shape index (κ1) is 9.01. The van der Waals surface area contributed by atoms with Crippen molar-refractivity contribution in [1.29, 1.82) is 0 Å². The minimum atomic E-state index is -0.833. The molecule has 0 bridgehead atoms. The SMILES string of the molecule is CC/C=C/N[C@H](C)C(=O)O. The molecule has 0 saturated carbocycles. The molecule has 0 aliphatic rings. The molecule has 10 heavy (non-hydrogen) atoms. The molecular weight excluding hydrogens is 130 g/mol. The van der Waals surface area contributed by atoms with Crippen molar-refractivity contribution in [3.8, 4) is 0 Å². The van der Waals surface area contributed by atoms with Crippen molar-refractivity contribution in [2.45, 2.75) is 26.3 Å². The van der Waals surface area contributed by atoms with E-state index in [1.807, 2.05) is 13.0 Å². The van der Waals surface area contributed by atoms with Crippen molar-refractivity contribution in [3.05, 3.63) is 12.3 Å². The van der Waals surface area contributed by atoms with E-state index in [2.05, 4.69) is 5.32 Å². The van der Waals surface area contributed by atoms with Crippen molar-refractivity contribution in [1.82, 2.24) is 5.32 Å². The lowest BCUT2D eigenvalue weighted by Gasteiger charge is -2.03. The molecule has 0 unspecified atom stereocenters. The summed E-state index contributed by atoms with van der Waals surface area (Å²) in [5.74, 6) is -0.833. The summed E-state index contributed by atoms with van der Waals surface area (Å²) in [6.07, 6.45) is 4.46. The highest BCUT2D eigenvalue weighted by molar-refractivity contribution is 5.72. The summed E-state index contributed by atoms with van der Waals surface area (Å²) in [7, 11) is 0. The second-order valence-electron chi connectivity index (χ2n) is 2.04. The number of nitrogens with one attached hydrogen (secondary N) is 1. The number of rotatable bonds is 4. The Bertz CT molecular complexity index is 132. The van der Waals surface area contributed by atoms with Gasteiger partial charge in [0.05, 0.1) is 0 Å². The van der Waals surface area contributed by atoms with Gasteiger partial charge in [0.25, 0.3) is 0 Å². The van der Waals surface area contributed by atoms with E-state index < -0.39 is 12.0 Å². The summed E-state index contributed by atoms with van der Waals surface area (Å²) < 4.78 is 0. The van der Waals surface area contributed by atoms with Crippen molar-refractivity contribution in [3.63, 3.8) is 0 Å². The average Bonchev–Trinajstić information content (AvgIpc) is 1.88. The van der Waals surface area contributed by atoms with Crippen LogP contribution in [0.5, 0.6) is 0 Å². The lowest BCUT2D eigenvalue weighted by Crippen LogP contribution is -2.29. The van der Waals surface area contributed by atoms with Gasteiger partial charge in [-0.15, -0.1) is 0 Å². The van der Waals surface area contributed by atoms with E-state index in [4.69, 9.17) is 5.11 Å². The molecule has 0 aromatic carbocycles. The Morgan fingerprint density at radius 1 is 1.80 bits per heavy atom. The molecule has 0 aliphatic heterocycles. The van der Waals surface area contributed by atoms with Gasteiger partial charge in [0.2, 0.25) is 0 Å². The number of carbonyl (C=O) groups is 1. The number of hydrogen-bond acceptors (Lipinski definition) is 2. The summed E-state index contributed by atoms with van der Waals surface area (Å²) in [5.41, 5.74) is 0. The fraction of sp³-hybridized carbons (Fsp3) is 0.571. The third-order valence-electron chi connectivity index (χ3n) is 1.07. The van der Waals surface area contributed by atoms with Crippen LogP contribution in [0.15, 0.2) is 12.3 Å². The standard InChI is InChI=1S/C7H13NO2/c1-3-4-5-8-6(2)7(9)10/h4-6,8H,3H2,1-2H3,(H,9,10)/b5-4+/t6-/m1/s1. The molecule has 0 radical (unpaired) electrons. The van der Waals surface area contributed by atoms with Crippen molar-refractivity contribution >= 4 is 5.97 Å². The maximum absolute atomic E-state index is 10.2. The minimum absolute atomic E-state index is 0.497. The van der Waals surface area contributed by atoms with Crippen LogP contribution in [0, 0.1) is 0 Å². The van der Waals surface area contributed by atoms with Gasteiger partial charge in [0, 0.05) is 0 Å². The van der Waals surface area contributed by atoms with Gasteiger partial charge in [-0.2, -0.15) is 0 Å². The molecule has 2 N–H and O–H groups in total. The van der Waals surface area contributed by atoms with E-state index >= 15 is 0 Å². The Morgan fingerprint density at radius 3 is 2.80 bits per heavy atom. The van der Waals surface area contributed by atoms with Crippen LogP contribution in [0.25, 0.3) is 0 Å². The van der Waals surface area contributed by atoms with Gasteiger partial charge in [-0.1, -0.05) is 13.0 Å². The van der Waals surface area contributed by atoms with Gasteiger partial charge < -0.3 is 10.4 Å². The Labute approximate surface area is 60.7 Å². The highest BCUT2D eigenvalue weighted by Crippen LogP contribution is 1.82. The molecule has 0 heterocycles. The fourth-order valence-corrected chi connectivity index (χ4v) is 0.402. The van der Waals surface area contributed by atoms with Crippen molar-refractivity contribution < 1.29 is 9.90 Å². The van der Waals surface area contributed by atoms with Gasteiger partial charge >= 0.3 is 5.97 Å². The van der Waals surface area contributed by atoms with Crippen LogP contribution >= 0.6 is 0 Å². The van der Waals surface area contributed by atoms with Crippen molar-refractivity contribution in [2.75, 3.05) is 0 Å². The number of hydrogen-bond donors (Lipinski definition) is 2. The van der Waals surface area contributed by atoms with E-state index in [-0.39, 0.29) is 0 Å². The first-order chi connectivity index (χ1) is 4.68. The third-order valence-corrected chi connectivity index (χ3v) is 1.07. The molecule has 0 fully saturated rings. The van der Waals surface area contributed by atoms with Gasteiger partial charge in [0.15, 0.2) is 0 Å². The predicted octanol–water partition coefficient (Wildman–Crippen LogP) is 0.973. The molecule has 0 spiro atoms. The Balaban J connectivity index is 3.48. The normalized spacial score (nSPS) is 13.4. The molecule has 0 aliphatic carbocycles. The van der Waals surface area contributed by atoms with Crippen LogP contribution in [-0.2, 0) is 4.79 Å². The van der Waals surface area contributed by atoms with Crippen LogP contribution < -0.4 is 5.32 Å². The van der Waals surface area contributed by atoms with Crippen LogP contribution in [0.4, 0.5) is 0 Å². The highest BCUT2D eigenvalue weighted by atomic mass is 16.4. The second kappa shape index (κ2) is 4.85. The average molecular weight is 143 g/mol. The molecule has 1 atom stereocenters. The van der Waals surface area contributed by atoms with E-state index in [9.17, 15) is 4.79 Å². The van der Waals surface area contributed by atoms with Crippen LogP contribution in [-0.4, -0.2) is 17.1 Å². The predicted molar refractivity (Wildman–Crippen MR) is 39.7 cm³/mol. The summed E-state index contributed by atoms with van der Waals surface area (Å²) >= 11 is 0. The van der Waals surface area contributed by atoms with Crippen molar-refractivity contribution in [2.24, 2.45) is 0 Å². The smallest absolute Gasteiger partial charge is 0.325 e. The van der Waals surface area contributed by atoms with Gasteiger partial charge in [0.1, 0.15) is 6.04 Å². The summed E-state index contributed by atoms with van der Waals surface area (Å²) in [6.45, 7) is 3.59. The van der Waals surface area contributed by atoms with E-state index in [0.29, 0.717) is 0 Å². The van der Waals surface area contributed by atoms with Gasteiger partial charge in [-0.05, 0) is 19.5 Å². The second-order valence-corrected chi connectivity index (χ2v) is 2.04. The third kappa shape index (κ3) is 3.95. The van der Waals surface area contributed by atoms with E-state index in [1.165, 1.54) is 0 Å². The quantitative estimate of drug-likeness (QED) is 0.616. The maximum Gasteiger partial charge on any atom is 0.325 e. The molecule has 3 heteroatoms. The largest absolute Gasteiger partial charge is 0.480 e. The van der Waals surface area contributed by atoms with Gasteiger partial charge in [-0.3, -0.25) is 4.79 Å². The van der Waals surface area contributed by atoms with Crippen LogP contribution in [0.3, 0.4) is 0 Å². The van der Waals surface area contributed by atoms with Crippen LogP contribution in [0.1, 0.15) is 20.3 Å². The molecule has 0 amide bonds. The molecule has 0 rings (SSSR count). The Kier molecular flexibility index (Phi) is 4.37. The molecule has 0 aromatic rings. The molecule has 3 nitrogen and oxygen atoms in total. The van der Waals surface area contributed by atoms with E-state index in [1.54, 1.807) is 13.1 Å². The zero-order valence-electron chi connectivity index (χ0n) is 6.29. The van der Waals surface area contributed by atoms with Crippen LogP contribution in [0.2, 0.25) is 0 Å². The lowest BCUT2D eigenvalue weighted by atomic mass is 10.3. The van der Waals surface area contributed by atoms with E-state index in [0.717, 1.165) is 6.42 Å². The maximum atomic E-state index is 10.2. The number of allylic oxidation sites excluding steroid dienone is 1. The summed E-state index contributed by atoms with van der Waals surface area (Å²) in [4.78, 5) is 10.2. The fourth-order valence-electron chi connectivity index (χ4n) is 0.402. The first-order valence-corrected chi connectivity index (χ1v) is 3.32. The minimum Gasteiger partial charge on any atom is -0.480 e. The zero-order chi connectivity index (χ0) is 7.98. The number of carboxylic acid groups (broad SMARTS) is 1. The summed E-state index contributed by atoms with van der Waals surface area (Å²) in [6, 6.07) is -0.497. The molecule has 0 saturated heterocycles. The topological polar surface area (TPSA) is 49.3 Å². The number of aliphatic carboxylic acids is 1. The Hall–Kier alpha value is -0.990.